The highest BCUT2D eigenvalue weighted by Gasteiger charge is 2.25. The number of ether oxygens (including phenoxy) is 2. The van der Waals surface area contributed by atoms with E-state index in [2.05, 4.69) is 17.1 Å². The van der Waals surface area contributed by atoms with Crippen molar-refractivity contribution < 1.29 is 14.3 Å². The van der Waals surface area contributed by atoms with Gasteiger partial charge < -0.3 is 19.7 Å². The van der Waals surface area contributed by atoms with E-state index in [4.69, 9.17) is 9.47 Å². The van der Waals surface area contributed by atoms with Gasteiger partial charge in [0.25, 0.3) is 5.91 Å². The monoisotopic (exact) mass is 334 g/mol. The molecule has 0 bridgehead atoms. The minimum absolute atomic E-state index is 0.134. The Morgan fingerprint density at radius 2 is 1.92 bits per heavy atom. The van der Waals surface area contributed by atoms with Crippen LogP contribution >= 0.6 is 0 Å². The Bertz CT molecular complexity index is 484. The van der Waals surface area contributed by atoms with Crippen LogP contribution in [0.4, 0.5) is 0 Å². The highest BCUT2D eigenvalue weighted by Crippen LogP contribution is 2.19. The molecule has 1 amide bonds. The van der Waals surface area contributed by atoms with E-state index in [0.717, 1.165) is 56.6 Å². The van der Waals surface area contributed by atoms with Gasteiger partial charge in [0.1, 0.15) is 5.75 Å². The van der Waals surface area contributed by atoms with Gasteiger partial charge in [-0.2, -0.15) is 0 Å². The quantitative estimate of drug-likeness (QED) is 0.706. The van der Waals surface area contributed by atoms with Crippen molar-refractivity contribution >= 4 is 5.91 Å². The fourth-order valence-corrected chi connectivity index (χ4v) is 3.06. The minimum atomic E-state index is 0.134. The summed E-state index contributed by atoms with van der Waals surface area (Å²) < 4.78 is 10.7. The Labute approximate surface area is 145 Å². The van der Waals surface area contributed by atoms with E-state index < -0.39 is 0 Å². The van der Waals surface area contributed by atoms with Gasteiger partial charge in [-0.3, -0.25) is 4.79 Å². The number of nitrogens with one attached hydrogen (secondary N) is 1. The Kier molecular flexibility index (Phi) is 8.05. The molecule has 0 atom stereocenters. The maximum atomic E-state index is 12.9. The lowest BCUT2D eigenvalue weighted by atomic mass is 10.0. The Morgan fingerprint density at radius 1 is 1.21 bits per heavy atom. The van der Waals surface area contributed by atoms with E-state index in [1.807, 2.05) is 24.3 Å². The first kappa shape index (κ1) is 18.7. The molecule has 0 aromatic heterocycles. The average molecular weight is 334 g/mol. The normalized spacial score (nSPS) is 15.2. The molecule has 1 aliphatic heterocycles. The molecular formula is C19H30N2O3. The number of hydrogen-bond donors (Lipinski definition) is 1. The van der Waals surface area contributed by atoms with Gasteiger partial charge in [-0.1, -0.05) is 6.92 Å². The minimum Gasteiger partial charge on any atom is -0.494 e. The third-order valence-corrected chi connectivity index (χ3v) is 4.34. The van der Waals surface area contributed by atoms with E-state index in [1.54, 1.807) is 7.11 Å². The second-order valence-electron chi connectivity index (χ2n) is 6.20. The molecule has 0 radical (unpaired) electrons. The number of nitrogens with zero attached hydrogens (tertiary/aromatic N) is 1. The average Bonchev–Trinajstić information content (AvgIpc) is 2.64. The third-order valence-electron chi connectivity index (χ3n) is 4.34. The van der Waals surface area contributed by atoms with Crippen LogP contribution in [0.25, 0.3) is 0 Å². The molecule has 0 spiro atoms. The first-order valence-corrected chi connectivity index (χ1v) is 8.99. The summed E-state index contributed by atoms with van der Waals surface area (Å²) in [6.45, 7) is 6.24. The summed E-state index contributed by atoms with van der Waals surface area (Å²) in [6, 6.07) is 7.86. The van der Waals surface area contributed by atoms with Gasteiger partial charge in [-0.15, -0.1) is 0 Å². The number of carbonyl (C=O) groups is 1. The van der Waals surface area contributed by atoms with E-state index in [-0.39, 0.29) is 5.91 Å². The molecule has 134 valence electrons. The standard InChI is InChI=1S/C19H30N2O3/c1-3-13-21(17-9-11-20-12-10-17)19(22)16-5-7-18(8-6-16)24-15-4-14-23-2/h5-8,17,20H,3-4,9-15H2,1-2H3. The maximum absolute atomic E-state index is 12.9. The topological polar surface area (TPSA) is 50.8 Å². The molecule has 1 heterocycles. The molecule has 1 fully saturated rings. The van der Waals surface area contributed by atoms with Crippen molar-refractivity contribution in [2.45, 2.75) is 38.6 Å². The van der Waals surface area contributed by atoms with Crippen molar-refractivity contribution in [2.24, 2.45) is 0 Å². The van der Waals surface area contributed by atoms with Crippen molar-refractivity contribution in [3.63, 3.8) is 0 Å². The molecule has 0 aliphatic carbocycles. The molecular weight excluding hydrogens is 304 g/mol. The van der Waals surface area contributed by atoms with Crippen molar-refractivity contribution in [1.29, 1.82) is 0 Å². The first-order chi connectivity index (χ1) is 11.8. The number of methoxy groups -OCH3 is 1. The molecule has 1 saturated heterocycles. The van der Waals surface area contributed by atoms with Crippen LogP contribution in [-0.4, -0.2) is 56.8 Å². The van der Waals surface area contributed by atoms with E-state index in [9.17, 15) is 4.79 Å². The molecule has 1 aromatic carbocycles. The van der Waals surface area contributed by atoms with E-state index >= 15 is 0 Å². The fraction of sp³-hybridized carbons (Fsp3) is 0.632. The molecule has 0 unspecified atom stereocenters. The summed E-state index contributed by atoms with van der Waals surface area (Å²) in [6.07, 6.45) is 3.91. The summed E-state index contributed by atoms with van der Waals surface area (Å²) in [5, 5.41) is 3.36. The molecule has 1 aromatic rings. The zero-order valence-electron chi connectivity index (χ0n) is 14.9. The molecule has 5 nitrogen and oxygen atoms in total. The second kappa shape index (κ2) is 10.3. The van der Waals surface area contributed by atoms with Crippen LogP contribution in [0.15, 0.2) is 24.3 Å². The highest BCUT2D eigenvalue weighted by atomic mass is 16.5. The van der Waals surface area contributed by atoms with Crippen LogP contribution in [0.5, 0.6) is 5.75 Å². The van der Waals surface area contributed by atoms with Crippen molar-refractivity contribution in [3.8, 4) is 5.75 Å². The molecule has 5 heteroatoms. The summed E-state index contributed by atoms with van der Waals surface area (Å²) in [5.41, 5.74) is 0.742. The third kappa shape index (κ3) is 5.49. The van der Waals surface area contributed by atoms with Gasteiger partial charge in [0, 0.05) is 38.3 Å². The predicted octanol–water partition coefficient (Wildman–Crippen LogP) is 2.71. The van der Waals surface area contributed by atoms with Crippen LogP contribution in [0.3, 0.4) is 0 Å². The van der Waals surface area contributed by atoms with Crippen LogP contribution in [-0.2, 0) is 4.74 Å². The van der Waals surface area contributed by atoms with Crippen LogP contribution in [0, 0.1) is 0 Å². The highest BCUT2D eigenvalue weighted by molar-refractivity contribution is 5.94. The summed E-state index contributed by atoms with van der Waals surface area (Å²) >= 11 is 0. The van der Waals surface area contributed by atoms with Gasteiger partial charge in [0.05, 0.1) is 6.61 Å². The zero-order chi connectivity index (χ0) is 17.2. The number of benzene rings is 1. The molecule has 24 heavy (non-hydrogen) atoms. The number of hydrogen-bond acceptors (Lipinski definition) is 4. The van der Waals surface area contributed by atoms with Gasteiger partial charge >= 0.3 is 0 Å². The second-order valence-corrected chi connectivity index (χ2v) is 6.20. The maximum Gasteiger partial charge on any atom is 0.254 e. The van der Waals surface area contributed by atoms with Gasteiger partial charge in [0.15, 0.2) is 0 Å². The number of carbonyl (C=O) groups excluding carboxylic acids is 1. The van der Waals surface area contributed by atoms with Gasteiger partial charge in [0.2, 0.25) is 0 Å². The lowest BCUT2D eigenvalue weighted by molar-refractivity contribution is 0.0642. The lowest BCUT2D eigenvalue weighted by Gasteiger charge is -2.34. The van der Waals surface area contributed by atoms with Crippen molar-refractivity contribution in [2.75, 3.05) is 40.0 Å². The zero-order valence-corrected chi connectivity index (χ0v) is 14.9. The summed E-state index contributed by atoms with van der Waals surface area (Å²) in [4.78, 5) is 14.9. The van der Waals surface area contributed by atoms with E-state index in [1.165, 1.54) is 0 Å². The number of amides is 1. The Morgan fingerprint density at radius 3 is 2.54 bits per heavy atom. The summed E-state index contributed by atoms with van der Waals surface area (Å²) in [5.74, 6) is 0.932. The van der Waals surface area contributed by atoms with Crippen LogP contribution < -0.4 is 10.1 Å². The number of piperidine rings is 1. The van der Waals surface area contributed by atoms with Gasteiger partial charge in [-0.05, 0) is 56.6 Å². The number of rotatable bonds is 9. The Balaban J connectivity index is 1.95. The smallest absolute Gasteiger partial charge is 0.254 e. The largest absolute Gasteiger partial charge is 0.494 e. The van der Waals surface area contributed by atoms with Crippen molar-refractivity contribution in [1.82, 2.24) is 10.2 Å². The molecule has 1 aliphatic rings. The molecule has 0 saturated carbocycles. The van der Waals surface area contributed by atoms with Crippen LogP contribution in [0.1, 0.15) is 43.0 Å². The molecule has 2 rings (SSSR count). The Hall–Kier alpha value is -1.59. The SMILES string of the molecule is CCCN(C(=O)c1ccc(OCCCOC)cc1)C1CCNCC1. The molecule has 1 N–H and O–H groups in total. The fourth-order valence-electron chi connectivity index (χ4n) is 3.06. The first-order valence-electron chi connectivity index (χ1n) is 8.99. The predicted molar refractivity (Wildman–Crippen MR) is 95.6 cm³/mol. The summed E-state index contributed by atoms with van der Waals surface area (Å²) in [7, 11) is 1.69. The van der Waals surface area contributed by atoms with Gasteiger partial charge in [-0.25, -0.2) is 0 Å². The lowest BCUT2D eigenvalue weighted by Crippen LogP contribution is -2.46. The van der Waals surface area contributed by atoms with E-state index in [0.29, 0.717) is 19.3 Å². The van der Waals surface area contributed by atoms with Crippen LogP contribution in [0.2, 0.25) is 0 Å². The van der Waals surface area contributed by atoms with Crippen molar-refractivity contribution in [3.05, 3.63) is 29.8 Å².